The monoisotopic (exact) mass is 353 g/mol. The third kappa shape index (κ3) is 3.48. The maximum atomic E-state index is 12.1. The summed E-state index contributed by atoms with van der Waals surface area (Å²) in [6.07, 6.45) is 1.99. The highest BCUT2D eigenvalue weighted by molar-refractivity contribution is 8.01. The van der Waals surface area contributed by atoms with Crippen LogP contribution >= 0.6 is 23.4 Å². The lowest BCUT2D eigenvalue weighted by Gasteiger charge is -2.28. The van der Waals surface area contributed by atoms with Gasteiger partial charge in [-0.15, -0.1) is 11.8 Å². The van der Waals surface area contributed by atoms with Gasteiger partial charge < -0.3 is 14.4 Å². The molecule has 3 rings (SSSR count). The van der Waals surface area contributed by atoms with Crippen LogP contribution in [0.1, 0.15) is 12.5 Å². The van der Waals surface area contributed by atoms with E-state index in [2.05, 4.69) is 0 Å². The van der Waals surface area contributed by atoms with E-state index >= 15 is 0 Å². The van der Waals surface area contributed by atoms with Crippen molar-refractivity contribution in [1.29, 1.82) is 0 Å². The van der Waals surface area contributed by atoms with Gasteiger partial charge in [0.15, 0.2) is 0 Å². The lowest BCUT2D eigenvalue weighted by atomic mass is 10.1. The zero-order chi connectivity index (χ0) is 16.4. The van der Waals surface area contributed by atoms with Gasteiger partial charge in [0.2, 0.25) is 5.91 Å². The van der Waals surface area contributed by atoms with E-state index in [1.807, 2.05) is 18.2 Å². The van der Waals surface area contributed by atoms with Crippen molar-refractivity contribution in [3.63, 3.8) is 0 Å². The molecule has 0 aromatic heterocycles. The molecule has 122 valence electrons. The first-order chi connectivity index (χ1) is 11.1. The summed E-state index contributed by atoms with van der Waals surface area (Å²) < 4.78 is 10.7. The molecule has 1 aromatic carbocycles. The minimum absolute atomic E-state index is 0.0376. The number of amides is 1. The van der Waals surface area contributed by atoms with E-state index in [9.17, 15) is 9.59 Å². The summed E-state index contributed by atoms with van der Waals surface area (Å²) >= 11 is 7.52. The summed E-state index contributed by atoms with van der Waals surface area (Å²) in [6.45, 7) is 2.40. The number of nitrogens with zero attached hydrogens (tertiary/aromatic N) is 1. The molecule has 0 N–H and O–H groups in total. The van der Waals surface area contributed by atoms with Gasteiger partial charge in [0.05, 0.1) is 12.4 Å². The predicted molar refractivity (Wildman–Crippen MR) is 89.5 cm³/mol. The number of carbonyl (C=O) groups excluding carboxylic acids is 2. The normalized spacial score (nSPS) is 19.9. The van der Waals surface area contributed by atoms with Crippen molar-refractivity contribution >= 4 is 41.3 Å². The first-order valence-electron chi connectivity index (χ1n) is 7.28. The predicted octanol–water partition coefficient (Wildman–Crippen LogP) is 2.58. The zero-order valence-electron chi connectivity index (χ0n) is 12.6. The highest BCUT2D eigenvalue weighted by Gasteiger charge is 2.36. The van der Waals surface area contributed by atoms with Gasteiger partial charge in [0.1, 0.15) is 24.3 Å². The first-order valence-corrected chi connectivity index (χ1v) is 8.70. The topological polar surface area (TPSA) is 55.8 Å². The maximum absolute atomic E-state index is 12.1. The maximum Gasteiger partial charge on any atom is 0.325 e. The minimum Gasteiger partial charge on any atom is -0.489 e. The molecule has 1 amide bonds. The summed E-state index contributed by atoms with van der Waals surface area (Å²) in [5.74, 6) is 0.661. The Balaban J connectivity index is 1.82. The number of hydrogen-bond donors (Lipinski definition) is 0. The fourth-order valence-corrected chi connectivity index (χ4v) is 3.96. The highest BCUT2D eigenvalue weighted by Crippen LogP contribution is 2.36. The first kappa shape index (κ1) is 16.2. The average molecular weight is 354 g/mol. The van der Waals surface area contributed by atoms with E-state index in [0.717, 1.165) is 16.9 Å². The fourth-order valence-electron chi connectivity index (χ4n) is 2.59. The van der Waals surface area contributed by atoms with Gasteiger partial charge in [0.25, 0.3) is 0 Å². The Hall–Kier alpha value is -1.66. The third-order valence-corrected chi connectivity index (χ3v) is 5.12. The van der Waals surface area contributed by atoms with E-state index < -0.39 is 5.97 Å². The quantitative estimate of drug-likeness (QED) is 0.779. The summed E-state index contributed by atoms with van der Waals surface area (Å²) in [5.41, 5.74) is 1.83. The molecule has 0 bridgehead atoms. The van der Waals surface area contributed by atoms with Crippen LogP contribution in [0.25, 0.3) is 6.08 Å². The van der Waals surface area contributed by atoms with Crippen molar-refractivity contribution in [3.8, 4) is 5.75 Å². The molecule has 1 atom stereocenters. The van der Waals surface area contributed by atoms with Crippen LogP contribution in [0.3, 0.4) is 0 Å². The molecule has 1 saturated heterocycles. The van der Waals surface area contributed by atoms with Crippen molar-refractivity contribution in [2.45, 2.75) is 12.3 Å². The minimum atomic E-state index is -0.394. The molecule has 0 aliphatic carbocycles. The molecular weight excluding hydrogens is 338 g/mol. The van der Waals surface area contributed by atoms with E-state index in [1.165, 1.54) is 11.8 Å². The fraction of sp³-hybridized carbons (Fsp3) is 0.375. The van der Waals surface area contributed by atoms with Gasteiger partial charge in [-0.25, -0.2) is 0 Å². The number of thioether (sulfide) groups is 1. The van der Waals surface area contributed by atoms with Crippen LogP contribution in [0.4, 0.5) is 0 Å². The molecular formula is C16H16ClNO4S. The summed E-state index contributed by atoms with van der Waals surface area (Å²) in [4.78, 5) is 25.3. The van der Waals surface area contributed by atoms with Gasteiger partial charge in [-0.2, -0.15) is 0 Å². The van der Waals surface area contributed by atoms with Crippen LogP contribution in [-0.2, 0) is 14.3 Å². The number of halogens is 1. The molecule has 1 unspecified atom stereocenters. The molecule has 7 heteroatoms. The molecule has 0 spiro atoms. The Morgan fingerprint density at radius 1 is 1.52 bits per heavy atom. The Bertz CT molecular complexity index is 676. The van der Waals surface area contributed by atoms with Crippen LogP contribution in [-0.4, -0.2) is 47.7 Å². The van der Waals surface area contributed by atoms with Crippen LogP contribution in [0.15, 0.2) is 23.8 Å². The van der Waals surface area contributed by atoms with E-state index in [-0.39, 0.29) is 17.8 Å². The Kier molecular flexibility index (Phi) is 4.82. The molecule has 1 fully saturated rings. The molecule has 0 radical (unpaired) electrons. The summed E-state index contributed by atoms with van der Waals surface area (Å²) in [7, 11) is 0. The number of esters is 1. The largest absolute Gasteiger partial charge is 0.489 e. The highest BCUT2D eigenvalue weighted by atomic mass is 35.5. The summed E-state index contributed by atoms with van der Waals surface area (Å²) in [5, 5.41) is 0.419. The molecule has 1 aromatic rings. The van der Waals surface area contributed by atoms with Crippen LogP contribution in [0.5, 0.6) is 5.75 Å². The number of rotatable bonds is 4. The number of benzene rings is 1. The number of carbonyl (C=O) groups is 2. The lowest BCUT2D eigenvalue weighted by Crippen LogP contribution is -2.40. The number of hydrogen-bond acceptors (Lipinski definition) is 5. The van der Waals surface area contributed by atoms with E-state index in [1.54, 1.807) is 17.9 Å². The van der Waals surface area contributed by atoms with Gasteiger partial charge in [-0.1, -0.05) is 11.6 Å². The molecule has 5 nitrogen and oxygen atoms in total. The molecule has 2 aliphatic rings. The second kappa shape index (κ2) is 6.84. The van der Waals surface area contributed by atoms with Crippen LogP contribution in [0, 0.1) is 0 Å². The lowest BCUT2D eigenvalue weighted by molar-refractivity contribution is -0.148. The Morgan fingerprint density at radius 2 is 2.35 bits per heavy atom. The second-order valence-corrected chi connectivity index (χ2v) is 6.69. The average Bonchev–Trinajstić information content (AvgIpc) is 2.88. The van der Waals surface area contributed by atoms with Crippen molar-refractivity contribution in [2.24, 2.45) is 0 Å². The SMILES string of the molecule is CCOC(=O)CN1C(=O)CSC1C1=Cc2cc(Cl)ccc2OC1. The van der Waals surface area contributed by atoms with Crippen molar-refractivity contribution in [2.75, 3.05) is 25.5 Å². The van der Waals surface area contributed by atoms with Gasteiger partial charge in [-0.05, 0) is 31.2 Å². The van der Waals surface area contributed by atoms with Crippen molar-refractivity contribution < 1.29 is 19.1 Å². The van der Waals surface area contributed by atoms with E-state index in [4.69, 9.17) is 21.1 Å². The van der Waals surface area contributed by atoms with Crippen LogP contribution < -0.4 is 4.74 Å². The third-order valence-electron chi connectivity index (χ3n) is 3.60. The standard InChI is InChI=1S/C16H16ClNO4S/c1-2-21-15(20)7-18-14(19)9-23-16(18)11-5-10-6-12(17)3-4-13(10)22-8-11/h3-6,16H,2,7-9H2,1H3. The molecule has 0 saturated carbocycles. The van der Waals surface area contributed by atoms with Gasteiger partial charge in [-0.3, -0.25) is 9.59 Å². The number of fused-ring (bicyclic) bond motifs is 1. The van der Waals surface area contributed by atoms with Gasteiger partial charge >= 0.3 is 5.97 Å². The van der Waals surface area contributed by atoms with Crippen molar-refractivity contribution in [1.82, 2.24) is 4.90 Å². The molecule has 23 heavy (non-hydrogen) atoms. The molecule has 2 aliphatic heterocycles. The number of ether oxygens (including phenoxy) is 2. The Morgan fingerprint density at radius 3 is 3.13 bits per heavy atom. The van der Waals surface area contributed by atoms with E-state index in [0.29, 0.717) is 24.0 Å². The van der Waals surface area contributed by atoms with Crippen molar-refractivity contribution in [3.05, 3.63) is 34.4 Å². The molecule has 2 heterocycles. The van der Waals surface area contributed by atoms with Crippen LogP contribution in [0.2, 0.25) is 5.02 Å². The Labute approximate surface area is 143 Å². The van der Waals surface area contributed by atoms with Gasteiger partial charge in [0, 0.05) is 16.2 Å². The second-order valence-electron chi connectivity index (χ2n) is 5.18. The zero-order valence-corrected chi connectivity index (χ0v) is 14.2. The summed E-state index contributed by atoms with van der Waals surface area (Å²) in [6, 6.07) is 5.43. The smallest absolute Gasteiger partial charge is 0.325 e.